The SMILES string of the molecule is N#Cc1cc(-c2ccc3oc4ccc(C#N)cc4c3c2)cc(-n2c3ccccc3c3cc(C#N)ccc32)c1. The quantitative estimate of drug-likeness (QED) is 0.249. The summed E-state index contributed by atoms with van der Waals surface area (Å²) < 4.78 is 8.14. The minimum atomic E-state index is 0.543. The van der Waals surface area contributed by atoms with Crippen molar-refractivity contribution in [3.8, 4) is 35.0 Å². The highest BCUT2D eigenvalue weighted by Gasteiger charge is 2.15. The lowest BCUT2D eigenvalue weighted by Gasteiger charge is -2.11. The smallest absolute Gasteiger partial charge is 0.135 e. The van der Waals surface area contributed by atoms with Gasteiger partial charge in [-0.2, -0.15) is 15.8 Å². The molecule has 5 heteroatoms. The van der Waals surface area contributed by atoms with Crippen LogP contribution in [0.4, 0.5) is 0 Å². The van der Waals surface area contributed by atoms with E-state index in [0.717, 1.165) is 60.6 Å². The molecule has 0 aliphatic heterocycles. The van der Waals surface area contributed by atoms with E-state index >= 15 is 0 Å². The second-order valence-corrected chi connectivity index (χ2v) is 9.21. The van der Waals surface area contributed by atoms with Crippen molar-refractivity contribution in [2.45, 2.75) is 0 Å². The van der Waals surface area contributed by atoms with Crippen LogP contribution in [-0.2, 0) is 0 Å². The summed E-state index contributed by atoms with van der Waals surface area (Å²) in [4.78, 5) is 0. The van der Waals surface area contributed by atoms with Gasteiger partial charge in [0.1, 0.15) is 11.2 Å². The monoisotopic (exact) mass is 484 g/mol. The van der Waals surface area contributed by atoms with Crippen molar-refractivity contribution in [3.63, 3.8) is 0 Å². The van der Waals surface area contributed by atoms with Gasteiger partial charge in [-0.25, -0.2) is 0 Å². The highest BCUT2D eigenvalue weighted by Crippen LogP contribution is 2.36. The number of aromatic nitrogens is 1. The van der Waals surface area contributed by atoms with Crippen LogP contribution in [0.25, 0.3) is 60.6 Å². The molecule has 7 aromatic rings. The predicted octanol–water partition coefficient (Wildman–Crippen LogP) is 7.97. The number of para-hydroxylation sites is 1. The zero-order chi connectivity index (χ0) is 25.8. The van der Waals surface area contributed by atoms with Gasteiger partial charge >= 0.3 is 0 Å². The topological polar surface area (TPSA) is 89.4 Å². The maximum Gasteiger partial charge on any atom is 0.135 e. The van der Waals surface area contributed by atoms with Gasteiger partial charge < -0.3 is 8.98 Å². The van der Waals surface area contributed by atoms with E-state index < -0.39 is 0 Å². The molecule has 5 aromatic carbocycles. The molecule has 0 aliphatic carbocycles. The van der Waals surface area contributed by atoms with Crippen molar-refractivity contribution >= 4 is 43.7 Å². The van der Waals surface area contributed by atoms with Crippen molar-refractivity contribution in [2.24, 2.45) is 0 Å². The first kappa shape index (κ1) is 21.5. The largest absolute Gasteiger partial charge is 0.456 e. The summed E-state index contributed by atoms with van der Waals surface area (Å²) in [5.74, 6) is 0. The first-order valence-electron chi connectivity index (χ1n) is 12.0. The molecule has 0 saturated carbocycles. The number of hydrogen-bond acceptors (Lipinski definition) is 4. The number of benzene rings is 5. The summed E-state index contributed by atoms with van der Waals surface area (Å²) in [6.45, 7) is 0. The lowest BCUT2D eigenvalue weighted by atomic mass is 9.99. The Balaban J connectivity index is 1.49. The third-order valence-corrected chi connectivity index (χ3v) is 7.04. The highest BCUT2D eigenvalue weighted by molar-refractivity contribution is 6.10. The zero-order valence-electron chi connectivity index (χ0n) is 19.9. The fourth-order valence-corrected chi connectivity index (χ4v) is 5.32. The summed E-state index contributed by atoms with van der Waals surface area (Å²) >= 11 is 0. The van der Waals surface area contributed by atoms with Crippen LogP contribution in [0.2, 0.25) is 0 Å². The second-order valence-electron chi connectivity index (χ2n) is 9.21. The molecule has 0 N–H and O–H groups in total. The van der Waals surface area contributed by atoms with Gasteiger partial charge in [0, 0.05) is 27.2 Å². The van der Waals surface area contributed by atoms with Crippen molar-refractivity contribution in [1.82, 2.24) is 4.57 Å². The number of rotatable bonds is 2. The van der Waals surface area contributed by atoms with Crippen LogP contribution < -0.4 is 0 Å². The number of nitrogens with zero attached hydrogens (tertiary/aromatic N) is 4. The maximum atomic E-state index is 9.92. The molecule has 0 unspecified atom stereocenters. The van der Waals surface area contributed by atoms with E-state index in [9.17, 15) is 15.8 Å². The van der Waals surface area contributed by atoms with Crippen molar-refractivity contribution < 1.29 is 4.42 Å². The summed E-state index contributed by atoms with van der Waals surface area (Å²) in [7, 11) is 0. The van der Waals surface area contributed by atoms with Gasteiger partial charge in [-0.1, -0.05) is 24.3 Å². The molecule has 174 valence electrons. The minimum absolute atomic E-state index is 0.543. The van der Waals surface area contributed by atoms with E-state index in [2.05, 4.69) is 41.0 Å². The Morgan fingerprint density at radius 3 is 1.95 bits per heavy atom. The van der Waals surface area contributed by atoms with E-state index in [0.29, 0.717) is 16.7 Å². The Kier molecular flexibility index (Phi) is 4.57. The summed E-state index contributed by atoms with van der Waals surface area (Å²) in [6, 6.07) is 37.8. The molecule has 2 heterocycles. The average Bonchev–Trinajstić information content (AvgIpc) is 3.51. The van der Waals surface area contributed by atoms with Gasteiger partial charge in [-0.3, -0.25) is 0 Å². The third-order valence-electron chi connectivity index (χ3n) is 7.04. The lowest BCUT2D eigenvalue weighted by molar-refractivity contribution is 0.669. The van der Waals surface area contributed by atoms with E-state index in [1.807, 2.05) is 72.8 Å². The first-order chi connectivity index (χ1) is 18.7. The Bertz CT molecular complexity index is 2230. The molecular weight excluding hydrogens is 468 g/mol. The number of furan rings is 1. The number of nitriles is 3. The van der Waals surface area contributed by atoms with E-state index in [-0.39, 0.29) is 0 Å². The molecule has 0 spiro atoms. The van der Waals surface area contributed by atoms with Crippen molar-refractivity contribution in [1.29, 1.82) is 15.8 Å². The fourth-order valence-electron chi connectivity index (χ4n) is 5.32. The van der Waals surface area contributed by atoms with Crippen LogP contribution in [0.5, 0.6) is 0 Å². The molecule has 0 atom stereocenters. The molecule has 38 heavy (non-hydrogen) atoms. The van der Waals surface area contributed by atoms with Crippen LogP contribution in [0, 0.1) is 34.0 Å². The highest BCUT2D eigenvalue weighted by atomic mass is 16.3. The van der Waals surface area contributed by atoms with Crippen molar-refractivity contribution in [2.75, 3.05) is 0 Å². The van der Waals surface area contributed by atoms with Gasteiger partial charge in [0.25, 0.3) is 0 Å². The minimum Gasteiger partial charge on any atom is -0.456 e. The first-order valence-corrected chi connectivity index (χ1v) is 12.0. The van der Waals surface area contributed by atoms with Crippen LogP contribution in [0.15, 0.2) is 101 Å². The summed E-state index contributed by atoms with van der Waals surface area (Å²) in [5, 5.41) is 32.6. The van der Waals surface area contributed by atoms with E-state index in [4.69, 9.17) is 4.42 Å². The molecule has 5 nitrogen and oxygen atoms in total. The summed E-state index contributed by atoms with van der Waals surface area (Å²) in [5.41, 5.74) is 7.85. The molecule has 0 fully saturated rings. The van der Waals surface area contributed by atoms with Gasteiger partial charge in [-0.15, -0.1) is 0 Å². The predicted molar refractivity (Wildman–Crippen MR) is 148 cm³/mol. The van der Waals surface area contributed by atoms with Crippen LogP contribution >= 0.6 is 0 Å². The second kappa shape index (κ2) is 8.10. The standard InChI is InChI=1S/C33H16N4O/c34-17-20-5-8-31-27(13-20)26-3-1-2-4-30(26)37(31)25-12-22(19-36)11-24(15-25)23-7-10-33-29(16-23)28-14-21(18-35)6-9-32(28)38-33/h1-16H. The average molecular weight is 485 g/mol. The van der Waals surface area contributed by atoms with Gasteiger partial charge in [0.05, 0.1) is 45.9 Å². The molecule has 0 radical (unpaired) electrons. The molecule has 0 saturated heterocycles. The number of hydrogen-bond donors (Lipinski definition) is 0. The normalized spacial score (nSPS) is 11.1. The molecule has 0 bridgehead atoms. The Labute approximate surface area is 217 Å². The maximum absolute atomic E-state index is 9.92. The Morgan fingerprint density at radius 1 is 0.500 bits per heavy atom. The van der Waals surface area contributed by atoms with E-state index in [1.165, 1.54) is 0 Å². The molecule has 0 amide bonds. The molecule has 0 aliphatic rings. The molecule has 2 aromatic heterocycles. The fraction of sp³-hybridized carbons (Fsp3) is 0. The Hall–Kier alpha value is -5.83. The summed E-state index contributed by atoms with van der Waals surface area (Å²) in [6.07, 6.45) is 0. The van der Waals surface area contributed by atoms with Gasteiger partial charge in [0.2, 0.25) is 0 Å². The van der Waals surface area contributed by atoms with Crippen LogP contribution in [0.1, 0.15) is 16.7 Å². The molecular formula is C33H16N4O. The van der Waals surface area contributed by atoms with E-state index in [1.54, 1.807) is 6.07 Å². The molecule has 7 rings (SSSR count). The van der Waals surface area contributed by atoms with Crippen LogP contribution in [-0.4, -0.2) is 4.57 Å². The Morgan fingerprint density at radius 2 is 1.16 bits per heavy atom. The lowest BCUT2D eigenvalue weighted by Crippen LogP contribution is -1.96. The van der Waals surface area contributed by atoms with Gasteiger partial charge in [-0.05, 0) is 83.9 Å². The van der Waals surface area contributed by atoms with Crippen molar-refractivity contribution in [3.05, 3.63) is 114 Å². The third kappa shape index (κ3) is 3.16. The zero-order valence-corrected chi connectivity index (χ0v) is 19.9. The van der Waals surface area contributed by atoms with Gasteiger partial charge in [0.15, 0.2) is 0 Å². The number of fused-ring (bicyclic) bond motifs is 6. The van der Waals surface area contributed by atoms with Crippen LogP contribution in [0.3, 0.4) is 0 Å².